The summed E-state index contributed by atoms with van der Waals surface area (Å²) in [6.07, 6.45) is -1.12. The highest BCUT2D eigenvalue weighted by Gasteiger charge is 2.37. The van der Waals surface area contributed by atoms with Crippen molar-refractivity contribution in [3.63, 3.8) is 0 Å². The van der Waals surface area contributed by atoms with E-state index in [2.05, 4.69) is 5.32 Å². The van der Waals surface area contributed by atoms with Crippen molar-refractivity contribution in [2.24, 2.45) is 5.92 Å². The first-order valence-corrected chi connectivity index (χ1v) is 9.79. The number of carbonyl (C=O) groups excluding carboxylic acids is 3. The van der Waals surface area contributed by atoms with E-state index in [-0.39, 0.29) is 30.2 Å². The summed E-state index contributed by atoms with van der Waals surface area (Å²) in [4.78, 5) is 49.2. The van der Waals surface area contributed by atoms with Crippen molar-refractivity contribution in [2.45, 2.75) is 33.3 Å². The predicted octanol–water partition coefficient (Wildman–Crippen LogP) is 3.13. The van der Waals surface area contributed by atoms with Crippen molar-refractivity contribution in [1.82, 2.24) is 0 Å². The molecule has 0 bridgehead atoms. The summed E-state index contributed by atoms with van der Waals surface area (Å²) in [5, 5.41) is 13.3. The Morgan fingerprint density at radius 3 is 2.65 bits per heavy atom. The summed E-state index contributed by atoms with van der Waals surface area (Å²) >= 11 is 0. The third kappa shape index (κ3) is 4.88. The Balaban J connectivity index is 1.61. The summed E-state index contributed by atoms with van der Waals surface area (Å²) in [6.45, 7) is 5.46. The third-order valence-corrected chi connectivity index (χ3v) is 5.31. The first-order valence-electron chi connectivity index (χ1n) is 9.79. The summed E-state index contributed by atoms with van der Waals surface area (Å²) in [6, 6.07) is 11.1. The first-order chi connectivity index (χ1) is 14.7. The monoisotopic (exact) mass is 425 g/mol. The quantitative estimate of drug-likeness (QED) is 0.431. The van der Waals surface area contributed by atoms with Crippen LogP contribution in [-0.2, 0) is 19.1 Å². The van der Waals surface area contributed by atoms with Crippen LogP contribution in [-0.4, -0.2) is 35.4 Å². The molecule has 1 fully saturated rings. The molecule has 0 radical (unpaired) electrons. The molecule has 31 heavy (non-hydrogen) atoms. The number of carbonyl (C=O) groups is 3. The molecule has 1 aliphatic rings. The topological polar surface area (TPSA) is 119 Å². The second kappa shape index (κ2) is 8.95. The van der Waals surface area contributed by atoms with E-state index in [4.69, 9.17) is 4.74 Å². The number of amides is 2. The molecule has 1 heterocycles. The summed E-state index contributed by atoms with van der Waals surface area (Å²) in [5.41, 5.74) is 2.83. The van der Waals surface area contributed by atoms with E-state index in [1.807, 2.05) is 32.0 Å². The minimum absolute atomic E-state index is 0.00539. The predicted molar refractivity (Wildman–Crippen MR) is 114 cm³/mol. The maximum atomic E-state index is 12.6. The van der Waals surface area contributed by atoms with Gasteiger partial charge in [-0.1, -0.05) is 18.2 Å². The van der Waals surface area contributed by atoms with E-state index >= 15 is 0 Å². The molecule has 0 spiro atoms. The number of hydrogen-bond donors (Lipinski definition) is 1. The van der Waals surface area contributed by atoms with E-state index in [0.717, 1.165) is 16.8 Å². The normalized spacial score (nSPS) is 16.7. The van der Waals surface area contributed by atoms with Gasteiger partial charge in [0, 0.05) is 36.5 Å². The van der Waals surface area contributed by atoms with E-state index in [1.165, 1.54) is 31.2 Å². The number of benzene rings is 2. The summed E-state index contributed by atoms with van der Waals surface area (Å²) in [5.74, 6) is -2.11. The molecule has 1 aliphatic heterocycles. The standard InChI is InChI=1S/C22H23N3O6/c1-13-6-4-9-19(14(13)2)24-12-16(10-20(24)26)22(28)31-15(3)21(27)23-17-7-5-8-18(11-17)25(29)30/h4-9,11,15-16H,10,12H2,1-3H3,(H,23,27)/t15-,16+/m0/s1. The Bertz CT molecular complexity index is 1050. The Labute approximate surface area is 179 Å². The minimum Gasteiger partial charge on any atom is -0.452 e. The van der Waals surface area contributed by atoms with E-state index < -0.39 is 28.8 Å². The van der Waals surface area contributed by atoms with Crippen molar-refractivity contribution in [3.05, 3.63) is 63.7 Å². The number of aryl methyl sites for hydroxylation is 1. The van der Waals surface area contributed by atoms with Gasteiger partial charge in [-0.3, -0.25) is 24.5 Å². The van der Waals surface area contributed by atoms with Crippen molar-refractivity contribution in [2.75, 3.05) is 16.8 Å². The van der Waals surface area contributed by atoms with Crippen LogP contribution in [0.25, 0.3) is 0 Å². The lowest BCUT2D eigenvalue weighted by atomic mass is 10.1. The van der Waals surface area contributed by atoms with Crippen molar-refractivity contribution in [1.29, 1.82) is 0 Å². The van der Waals surface area contributed by atoms with Gasteiger partial charge >= 0.3 is 5.97 Å². The van der Waals surface area contributed by atoms with Gasteiger partial charge in [-0.05, 0) is 44.0 Å². The van der Waals surface area contributed by atoms with Crippen molar-refractivity contribution < 1.29 is 24.0 Å². The molecule has 2 aromatic carbocycles. The smallest absolute Gasteiger partial charge is 0.312 e. The third-order valence-electron chi connectivity index (χ3n) is 5.31. The Morgan fingerprint density at radius 1 is 1.23 bits per heavy atom. The molecule has 2 aromatic rings. The van der Waals surface area contributed by atoms with Crippen LogP contribution in [0.2, 0.25) is 0 Å². The molecular weight excluding hydrogens is 402 g/mol. The fourth-order valence-corrected chi connectivity index (χ4v) is 3.39. The number of esters is 1. The molecule has 0 aromatic heterocycles. The average Bonchev–Trinajstić information content (AvgIpc) is 3.11. The average molecular weight is 425 g/mol. The maximum absolute atomic E-state index is 12.6. The second-order valence-corrected chi connectivity index (χ2v) is 7.50. The SMILES string of the molecule is Cc1cccc(N2C[C@H](C(=O)O[C@@H](C)C(=O)Nc3cccc([N+](=O)[O-])c3)CC2=O)c1C. The van der Waals surface area contributed by atoms with Crippen molar-refractivity contribution in [3.8, 4) is 0 Å². The van der Waals surface area contributed by atoms with Crippen LogP contribution in [0.4, 0.5) is 17.1 Å². The fourth-order valence-electron chi connectivity index (χ4n) is 3.39. The lowest BCUT2D eigenvalue weighted by molar-refractivity contribution is -0.384. The number of nitro benzene ring substituents is 1. The highest BCUT2D eigenvalue weighted by Crippen LogP contribution is 2.30. The molecule has 2 atom stereocenters. The number of nitro groups is 1. The largest absolute Gasteiger partial charge is 0.452 e. The van der Waals surface area contributed by atoms with Gasteiger partial charge in [-0.15, -0.1) is 0 Å². The van der Waals surface area contributed by atoms with Crippen molar-refractivity contribution >= 4 is 34.8 Å². The zero-order valence-corrected chi connectivity index (χ0v) is 17.5. The van der Waals surface area contributed by atoms with Crippen LogP contribution >= 0.6 is 0 Å². The molecular formula is C22H23N3O6. The fraction of sp³-hybridized carbons (Fsp3) is 0.318. The molecule has 162 valence electrons. The molecule has 0 unspecified atom stereocenters. The maximum Gasteiger partial charge on any atom is 0.312 e. The molecule has 9 nitrogen and oxygen atoms in total. The van der Waals surface area contributed by atoms with E-state index in [1.54, 1.807) is 4.90 Å². The first kappa shape index (κ1) is 21.9. The van der Waals surface area contributed by atoms with Crippen LogP contribution in [0.5, 0.6) is 0 Å². The molecule has 0 aliphatic carbocycles. The van der Waals surface area contributed by atoms with Crippen LogP contribution < -0.4 is 10.2 Å². The van der Waals surface area contributed by atoms with Gasteiger partial charge in [0.15, 0.2) is 6.10 Å². The lowest BCUT2D eigenvalue weighted by Crippen LogP contribution is -2.33. The van der Waals surface area contributed by atoms with Gasteiger partial charge in [0.1, 0.15) is 0 Å². The number of nitrogens with one attached hydrogen (secondary N) is 1. The van der Waals surface area contributed by atoms with E-state index in [0.29, 0.717) is 0 Å². The zero-order chi connectivity index (χ0) is 22.7. The van der Waals surface area contributed by atoms with Crippen LogP contribution in [0.3, 0.4) is 0 Å². The number of non-ortho nitro benzene ring substituents is 1. The van der Waals surface area contributed by atoms with Gasteiger partial charge < -0.3 is 15.0 Å². The summed E-state index contributed by atoms with van der Waals surface area (Å²) in [7, 11) is 0. The summed E-state index contributed by atoms with van der Waals surface area (Å²) < 4.78 is 5.27. The molecule has 0 saturated carbocycles. The van der Waals surface area contributed by atoms with Gasteiger partial charge in [0.05, 0.1) is 10.8 Å². The number of anilines is 2. The highest BCUT2D eigenvalue weighted by atomic mass is 16.6. The minimum atomic E-state index is -1.13. The van der Waals surface area contributed by atoms with E-state index in [9.17, 15) is 24.5 Å². The Kier molecular flexibility index (Phi) is 6.33. The Morgan fingerprint density at radius 2 is 1.94 bits per heavy atom. The molecule has 9 heteroatoms. The zero-order valence-electron chi connectivity index (χ0n) is 17.5. The van der Waals surface area contributed by atoms with Crippen LogP contribution in [0.1, 0.15) is 24.5 Å². The van der Waals surface area contributed by atoms with Crippen LogP contribution in [0, 0.1) is 29.9 Å². The second-order valence-electron chi connectivity index (χ2n) is 7.50. The number of hydrogen-bond acceptors (Lipinski definition) is 6. The van der Waals surface area contributed by atoms with Gasteiger partial charge in [0.2, 0.25) is 5.91 Å². The molecule has 3 rings (SSSR count). The lowest BCUT2D eigenvalue weighted by Gasteiger charge is -2.20. The van der Waals surface area contributed by atoms with Crippen LogP contribution in [0.15, 0.2) is 42.5 Å². The van der Waals surface area contributed by atoms with Gasteiger partial charge in [0.25, 0.3) is 11.6 Å². The molecule has 1 saturated heterocycles. The number of rotatable bonds is 6. The number of ether oxygens (including phenoxy) is 1. The molecule has 1 N–H and O–H groups in total. The number of nitrogens with zero attached hydrogens (tertiary/aromatic N) is 2. The molecule has 2 amide bonds. The van der Waals surface area contributed by atoms with Gasteiger partial charge in [-0.2, -0.15) is 0 Å². The Hall–Kier alpha value is -3.75. The van der Waals surface area contributed by atoms with Gasteiger partial charge in [-0.25, -0.2) is 0 Å². The highest BCUT2D eigenvalue weighted by molar-refractivity contribution is 6.01.